The molecule has 1 unspecified atom stereocenters. The van der Waals surface area contributed by atoms with Crippen LogP contribution in [-0.2, 0) is 9.53 Å². The number of anilines is 1. The summed E-state index contributed by atoms with van der Waals surface area (Å²) in [6.07, 6.45) is 0. The molecule has 1 aromatic carbocycles. The first-order valence-corrected chi connectivity index (χ1v) is 6.18. The van der Waals surface area contributed by atoms with Crippen LogP contribution < -0.4 is 11.1 Å². The Morgan fingerprint density at radius 1 is 1.37 bits per heavy atom. The Labute approximate surface area is 117 Å². The topological polar surface area (TPSA) is 81.4 Å². The normalized spacial score (nSPS) is 12.1. The molecule has 0 aliphatic heterocycles. The average molecular weight is 285 g/mol. The lowest BCUT2D eigenvalue weighted by Crippen LogP contribution is -2.45. The SMILES string of the molecule is COC(=O)C(NC(=O)c1ccc(N)c(Cl)c1)C(C)C. The number of nitrogen functional groups attached to an aromatic ring is 1. The van der Waals surface area contributed by atoms with Crippen molar-refractivity contribution in [2.45, 2.75) is 19.9 Å². The molecular formula is C13H17ClN2O3. The van der Waals surface area contributed by atoms with E-state index in [9.17, 15) is 9.59 Å². The fourth-order valence-electron chi connectivity index (χ4n) is 1.52. The van der Waals surface area contributed by atoms with Gasteiger partial charge >= 0.3 is 5.97 Å². The molecule has 0 aliphatic rings. The number of ether oxygens (including phenoxy) is 1. The molecule has 0 saturated carbocycles. The summed E-state index contributed by atoms with van der Waals surface area (Å²) in [5.74, 6) is -0.962. The summed E-state index contributed by atoms with van der Waals surface area (Å²) >= 11 is 5.85. The molecule has 1 amide bonds. The molecule has 5 nitrogen and oxygen atoms in total. The minimum atomic E-state index is -0.700. The lowest BCUT2D eigenvalue weighted by Gasteiger charge is -2.19. The number of nitrogens with one attached hydrogen (secondary N) is 1. The van der Waals surface area contributed by atoms with Crippen LogP contribution in [-0.4, -0.2) is 25.0 Å². The predicted octanol–water partition coefficient (Wildman–Crippen LogP) is 1.85. The monoisotopic (exact) mass is 284 g/mol. The maximum atomic E-state index is 12.0. The average Bonchev–Trinajstić information content (AvgIpc) is 2.37. The number of nitrogens with two attached hydrogens (primary N) is 1. The molecule has 3 N–H and O–H groups in total. The van der Waals surface area contributed by atoms with Gasteiger partial charge in [-0.3, -0.25) is 4.79 Å². The Morgan fingerprint density at radius 2 is 2.00 bits per heavy atom. The molecule has 19 heavy (non-hydrogen) atoms. The first kappa shape index (κ1) is 15.3. The maximum absolute atomic E-state index is 12.0. The predicted molar refractivity (Wildman–Crippen MR) is 74.0 cm³/mol. The highest BCUT2D eigenvalue weighted by Gasteiger charge is 2.25. The van der Waals surface area contributed by atoms with Crippen molar-refractivity contribution < 1.29 is 14.3 Å². The third kappa shape index (κ3) is 3.86. The molecule has 0 bridgehead atoms. The van der Waals surface area contributed by atoms with E-state index >= 15 is 0 Å². The molecule has 1 aromatic rings. The lowest BCUT2D eigenvalue weighted by molar-refractivity contribution is -0.144. The highest BCUT2D eigenvalue weighted by Crippen LogP contribution is 2.19. The fourth-order valence-corrected chi connectivity index (χ4v) is 1.70. The summed E-state index contributed by atoms with van der Waals surface area (Å²) in [6, 6.07) is 3.85. The molecule has 0 aliphatic carbocycles. The quantitative estimate of drug-likeness (QED) is 0.653. The van der Waals surface area contributed by atoms with E-state index in [0.717, 1.165) is 0 Å². The number of halogens is 1. The van der Waals surface area contributed by atoms with E-state index in [0.29, 0.717) is 16.3 Å². The summed E-state index contributed by atoms with van der Waals surface area (Å²) in [5, 5.41) is 2.92. The number of hydrogen-bond acceptors (Lipinski definition) is 4. The first-order valence-electron chi connectivity index (χ1n) is 5.80. The summed E-state index contributed by atoms with van der Waals surface area (Å²) < 4.78 is 4.65. The van der Waals surface area contributed by atoms with Gasteiger partial charge in [0, 0.05) is 5.56 Å². The lowest BCUT2D eigenvalue weighted by atomic mass is 10.0. The van der Waals surface area contributed by atoms with Gasteiger partial charge in [-0.25, -0.2) is 4.79 Å². The molecule has 6 heteroatoms. The third-order valence-electron chi connectivity index (χ3n) is 2.67. The second kappa shape index (κ2) is 6.43. The van der Waals surface area contributed by atoms with E-state index in [1.165, 1.54) is 13.2 Å². The van der Waals surface area contributed by atoms with Gasteiger partial charge in [0.25, 0.3) is 5.91 Å². The molecule has 1 atom stereocenters. The van der Waals surface area contributed by atoms with Crippen LogP contribution in [0.5, 0.6) is 0 Å². The summed E-state index contributed by atoms with van der Waals surface area (Å²) in [7, 11) is 1.28. The molecule has 0 spiro atoms. The number of amides is 1. The van der Waals surface area contributed by atoms with Crippen LogP contribution >= 0.6 is 11.6 Å². The largest absolute Gasteiger partial charge is 0.467 e. The zero-order valence-corrected chi connectivity index (χ0v) is 11.8. The van der Waals surface area contributed by atoms with Gasteiger partial charge in [0.2, 0.25) is 0 Å². The first-order chi connectivity index (χ1) is 8.86. The maximum Gasteiger partial charge on any atom is 0.328 e. The molecule has 0 fully saturated rings. The molecule has 1 rings (SSSR count). The van der Waals surface area contributed by atoms with Crippen LogP contribution in [0.3, 0.4) is 0 Å². The van der Waals surface area contributed by atoms with Crippen molar-refractivity contribution in [1.82, 2.24) is 5.32 Å². The fraction of sp³-hybridized carbons (Fsp3) is 0.385. The standard InChI is InChI=1S/C13H17ClN2O3/c1-7(2)11(13(18)19-3)16-12(17)8-4-5-10(15)9(14)6-8/h4-7,11H,15H2,1-3H3,(H,16,17). The molecular weight excluding hydrogens is 268 g/mol. The van der Waals surface area contributed by atoms with Crippen molar-refractivity contribution in [2.24, 2.45) is 5.92 Å². The van der Waals surface area contributed by atoms with Crippen molar-refractivity contribution in [3.63, 3.8) is 0 Å². The smallest absolute Gasteiger partial charge is 0.328 e. The number of rotatable bonds is 4. The van der Waals surface area contributed by atoms with Crippen molar-refractivity contribution >= 4 is 29.2 Å². The number of carbonyl (C=O) groups excluding carboxylic acids is 2. The Kier molecular flexibility index (Phi) is 5.18. The molecule has 104 valence electrons. The number of hydrogen-bond donors (Lipinski definition) is 2. The highest BCUT2D eigenvalue weighted by atomic mass is 35.5. The van der Waals surface area contributed by atoms with Crippen LogP contribution in [0.15, 0.2) is 18.2 Å². The molecule has 0 radical (unpaired) electrons. The van der Waals surface area contributed by atoms with E-state index < -0.39 is 17.9 Å². The van der Waals surface area contributed by atoms with Gasteiger partial charge in [-0.05, 0) is 24.1 Å². The van der Waals surface area contributed by atoms with Gasteiger partial charge in [0.1, 0.15) is 6.04 Å². The van der Waals surface area contributed by atoms with Crippen LogP contribution in [0, 0.1) is 5.92 Å². The summed E-state index contributed by atoms with van der Waals surface area (Å²) in [4.78, 5) is 23.6. The van der Waals surface area contributed by atoms with Crippen molar-refractivity contribution in [3.8, 4) is 0 Å². The van der Waals surface area contributed by atoms with Crippen LogP contribution in [0.25, 0.3) is 0 Å². The van der Waals surface area contributed by atoms with Crippen LogP contribution in [0.1, 0.15) is 24.2 Å². The Bertz CT molecular complexity index is 489. The number of methoxy groups -OCH3 is 1. The van der Waals surface area contributed by atoms with Crippen molar-refractivity contribution in [1.29, 1.82) is 0 Å². The zero-order valence-electron chi connectivity index (χ0n) is 11.1. The van der Waals surface area contributed by atoms with Crippen LogP contribution in [0.4, 0.5) is 5.69 Å². The summed E-state index contributed by atoms with van der Waals surface area (Å²) in [5.41, 5.74) is 6.31. The van der Waals surface area contributed by atoms with Gasteiger partial charge in [-0.1, -0.05) is 25.4 Å². The van der Waals surface area contributed by atoms with Crippen molar-refractivity contribution in [2.75, 3.05) is 12.8 Å². The Hall–Kier alpha value is -1.75. The van der Waals surface area contributed by atoms with Gasteiger partial charge in [-0.15, -0.1) is 0 Å². The zero-order chi connectivity index (χ0) is 14.6. The van der Waals surface area contributed by atoms with Gasteiger partial charge in [-0.2, -0.15) is 0 Å². The second-order valence-electron chi connectivity index (χ2n) is 4.45. The molecule has 0 aromatic heterocycles. The van der Waals surface area contributed by atoms with E-state index in [-0.39, 0.29) is 5.92 Å². The Balaban J connectivity index is 2.87. The highest BCUT2D eigenvalue weighted by molar-refractivity contribution is 6.33. The van der Waals surface area contributed by atoms with Crippen molar-refractivity contribution in [3.05, 3.63) is 28.8 Å². The minimum Gasteiger partial charge on any atom is -0.467 e. The van der Waals surface area contributed by atoms with E-state index in [1.807, 2.05) is 13.8 Å². The van der Waals surface area contributed by atoms with Gasteiger partial charge in [0.15, 0.2) is 0 Å². The number of esters is 1. The van der Waals surface area contributed by atoms with E-state index in [4.69, 9.17) is 17.3 Å². The van der Waals surface area contributed by atoms with E-state index in [2.05, 4.69) is 10.1 Å². The number of benzene rings is 1. The Morgan fingerprint density at radius 3 is 2.47 bits per heavy atom. The van der Waals surface area contributed by atoms with Gasteiger partial charge < -0.3 is 15.8 Å². The minimum absolute atomic E-state index is 0.0827. The third-order valence-corrected chi connectivity index (χ3v) is 3.00. The van der Waals surface area contributed by atoms with Crippen LogP contribution in [0.2, 0.25) is 5.02 Å². The summed E-state index contributed by atoms with van der Waals surface area (Å²) in [6.45, 7) is 3.63. The second-order valence-corrected chi connectivity index (χ2v) is 4.86. The van der Waals surface area contributed by atoms with Gasteiger partial charge in [0.05, 0.1) is 17.8 Å². The van der Waals surface area contributed by atoms with E-state index in [1.54, 1.807) is 12.1 Å². The number of carbonyl (C=O) groups is 2. The molecule has 0 saturated heterocycles. The molecule has 0 heterocycles.